The van der Waals surface area contributed by atoms with Crippen LogP contribution < -0.4 is 16.4 Å². The van der Waals surface area contributed by atoms with Crippen molar-refractivity contribution in [2.75, 3.05) is 13.7 Å². The van der Waals surface area contributed by atoms with E-state index in [2.05, 4.69) is 15.7 Å². The third-order valence-electron chi connectivity index (χ3n) is 5.09. The Morgan fingerprint density at radius 2 is 1.94 bits per heavy atom. The second kappa shape index (κ2) is 10.6. The summed E-state index contributed by atoms with van der Waals surface area (Å²) in [5, 5.41) is 20.6. The highest BCUT2D eigenvalue weighted by molar-refractivity contribution is 6.01. The highest BCUT2D eigenvalue weighted by Crippen LogP contribution is 2.30. The molecule has 2 aromatic carbocycles. The maximum atomic E-state index is 12.9. The zero-order valence-corrected chi connectivity index (χ0v) is 19.1. The number of carbonyl (C=O) groups is 2. The average molecular weight is 481 g/mol. The number of quaternary nitrogens is 1. The van der Waals surface area contributed by atoms with Crippen LogP contribution in [0.3, 0.4) is 0 Å². The van der Waals surface area contributed by atoms with Gasteiger partial charge in [-0.2, -0.15) is 0 Å². The number of carboxylic acid groups (broad SMARTS) is 1. The van der Waals surface area contributed by atoms with Crippen LogP contribution in [0.2, 0.25) is 0 Å². The van der Waals surface area contributed by atoms with E-state index in [4.69, 9.17) is 14.6 Å². The number of aliphatic carboxylic acids is 1. The monoisotopic (exact) mass is 481 g/mol. The number of aromatic nitrogens is 3. The fourth-order valence-corrected chi connectivity index (χ4v) is 3.57. The molecule has 4 aromatic rings. The second-order valence-electron chi connectivity index (χ2n) is 7.53. The number of non-ortho nitro benzene ring substituents is 1. The van der Waals surface area contributed by atoms with Crippen LogP contribution in [0.5, 0.6) is 0 Å². The number of H-pyrrole nitrogens is 1. The number of nitro groups is 1. The molecule has 0 aliphatic carbocycles. The minimum atomic E-state index is -1.08. The Balaban J connectivity index is 0.000000795. The van der Waals surface area contributed by atoms with Crippen LogP contribution in [-0.4, -0.2) is 45.1 Å². The number of fused-ring (bicyclic) bond motifs is 2. The topological polar surface area (TPSA) is 188 Å². The number of methoxy groups -OCH3 is 1. The fourth-order valence-electron chi connectivity index (χ4n) is 3.57. The first kappa shape index (κ1) is 25.1. The first-order valence-corrected chi connectivity index (χ1v) is 10.5. The number of benzene rings is 2. The standard InChI is InChI=1S/C21H19N5O5.C2H4O2/c1-31-21(28)12-3-6-18-14(9-12)15(11-25(18)8-2-7-22)19-20(27)24-17-10-13(26(29)30)4-5-16(17)23-19;1-2(3)4/h3-6,9-11H,2,7-8,22H2,1H3,(H,24,27);1H3,(H,3,4). The smallest absolute Gasteiger partial charge is 0.337 e. The zero-order valence-electron chi connectivity index (χ0n) is 19.1. The first-order valence-electron chi connectivity index (χ1n) is 10.5. The molecule has 0 radical (unpaired) electrons. The third kappa shape index (κ3) is 5.50. The molecule has 2 aromatic heterocycles. The number of hydrogen-bond acceptors (Lipinski definition) is 8. The van der Waals surface area contributed by atoms with Gasteiger partial charge in [0, 0.05) is 53.7 Å². The molecule has 0 saturated carbocycles. The van der Waals surface area contributed by atoms with Crippen molar-refractivity contribution in [2.45, 2.75) is 19.9 Å². The molecular formula is C23H23N5O7. The molecule has 12 heteroatoms. The molecule has 12 nitrogen and oxygen atoms in total. The van der Waals surface area contributed by atoms with Crippen LogP contribution in [-0.2, 0) is 16.1 Å². The van der Waals surface area contributed by atoms with Crippen molar-refractivity contribution < 1.29 is 30.1 Å². The SMILES string of the molecule is CC(=O)[O-].COC(=O)c1ccc2c(c1)c(-c1nc3ccc([N+](=O)[O-])cc3[nH]c1=O)cn2CCC[NH3+]. The fraction of sp³-hybridized carbons (Fsp3) is 0.217. The second-order valence-corrected chi connectivity index (χ2v) is 7.53. The Labute approximate surface area is 198 Å². The Kier molecular flexibility index (Phi) is 7.56. The molecule has 4 N–H and O–H groups in total. The number of esters is 1. The lowest BCUT2D eigenvalue weighted by molar-refractivity contribution is -0.384. The molecule has 0 amide bonds. The van der Waals surface area contributed by atoms with Crippen LogP contribution in [0.25, 0.3) is 33.2 Å². The van der Waals surface area contributed by atoms with E-state index < -0.39 is 22.4 Å². The van der Waals surface area contributed by atoms with Crippen molar-refractivity contribution in [1.29, 1.82) is 0 Å². The summed E-state index contributed by atoms with van der Waals surface area (Å²) in [6.07, 6.45) is 2.67. The van der Waals surface area contributed by atoms with Gasteiger partial charge in [0.1, 0.15) is 5.69 Å². The summed E-state index contributed by atoms with van der Waals surface area (Å²) in [6.45, 7) is 2.41. The molecule has 0 unspecified atom stereocenters. The van der Waals surface area contributed by atoms with Gasteiger partial charge >= 0.3 is 5.97 Å². The van der Waals surface area contributed by atoms with Gasteiger partial charge in [-0.3, -0.25) is 14.9 Å². The number of aromatic amines is 1. The minimum Gasteiger partial charge on any atom is -0.550 e. The quantitative estimate of drug-likeness (QED) is 0.228. The van der Waals surface area contributed by atoms with E-state index in [1.807, 2.05) is 16.8 Å². The number of hydrogen-bond donors (Lipinski definition) is 2. The lowest BCUT2D eigenvalue weighted by Crippen LogP contribution is -2.50. The number of carbonyl (C=O) groups excluding carboxylic acids is 2. The van der Waals surface area contributed by atoms with Crippen molar-refractivity contribution in [2.24, 2.45) is 0 Å². The molecule has 0 bridgehead atoms. The summed E-state index contributed by atoms with van der Waals surface area (Å²) >= 11 is 0. The molecule has 35 heavy (non-hydrogen) atoms. The van der Waals surface area contributed by atoms with Gasteiger partial charge in [0.25, 0.3) is 11.2 Å². The molecule has 0 spiro atoms. The Hall–Kier alpha value is -4.58. The van der Waals surface area contributed by atoms with Gasteiger partial charge in [0.2, 0.25) is 0 Å². The number of ether oxygens (including phenoxy) is 1. The van der Waals surface area contributed by atoms with Crippen molar-refractivity contribution in [3.05, 3.63) is 68.6 Å². The number of aryl methyl sites for hydroxylation is 1. The number of nitrogens with zero attached hydrogens (tertiary/aromatic N) is 3. The maximum Gasteiger partial charge on any atom is 0.337 e. The van der Waals surface area contributed by atoms with Crippen LogP contribution >= 0.6 is 0 Å². The summed E-state index contributed by atoms with van der Waals surface area (Å²) in [5.74, 6) is -1.56. The van der Waals surface area contributed by atoms with E-state index in [1.165, 1.54) is 25.3 Å². The summed E-state index contributed by atoms with van der Waals surface area (Å²) in [5.41, 5.74) is 5.89. The van der Waals surface area contributed by atoms with Gasteiger partial charge in [0.05, 0.1) is 35.2 Å². The van der Waals surface area contributed by atoms with Gasteiger partial charge in [0.15, 0.2) is 0 Å². The lowest BCUT2D eigenvalue weighted by atomic mass is 10.1. The van der Waals surface area contributed by atoms with Gasteiger partial charge in [-0.1, -0.05) is 0 Å². The maximum absolute atomic E-state index is 12.9. The molecule has 0 fully saturated rings. The summed E-state index contributed by atoms with van der Waals surface area (Å²) in [4.78, 5) is 51.4. The van der Waals surface area contributed by atoms with Crippen molar-refractivity contribution in [3.8, 4) is 11.3 Å². The highest BCUT2D eigenvalue weighted by atomic mass is 16.6. The largest absolute Gasteiger partial charge is 0.550 e. The summed E-state index contributed by atoms with van der Waals surface area (Å²) in [7, 11) is 1.31. The number of nitrogens with one attached hydrogen (secondary N) is 1. The molecule has 0 saturated heterocycles. The van der Waals surface area contributed by atoms with E-state index in [-0.39, 0.29) is 16.9 Å². The van der Waals surface area contributed by atoms with E-state index in [9.17, 15) is 19.7 Å². The van der Waals surface area contributed by atoms with Gasteiger partial charge in [-0.25, -0.2) is 9.78 Å². The van der Waals surface area contributed by atoms with Crippen LogP contribution in [0.15, 0.2) is 47.4 Å². The predicted octanol–water partition coefficient (Wildman–Crippen LogP) is 0.628. The Morgan fingerprint density at radius 3 is 2.57 bits per heavy atom. The molecule has 182 valence electrons. The van der Waals surface area contributed by atoms with E-state index >= 15 is 0 Å². The Bertz CT molecular complexity index is 1490. The van der Waals surface area contributed by atoms with Crippen molar-refractivity contribution in [3.63, 3.8) is 0 Å². The molecule has 2 heterocycles. The minimum absolute atomic E-state index is 0.134. The average Bonchev–Trinajstić information content (AvgIpc) is 3.18. The number of carboxylic acids is 1. The molecule has 0 atom stereocenters. The summed E-state index contributed by atoms with van der Waals surface area (Å²) < 4.78 is 6.82. The van der Waals surface area contributed by atoms with Crippen molar-refractivity contribution >= 4 is 39.6 Å². The van der Waals surface area contributed by atoms with Crippen molar-refractivity contribution in [1.82, 2.24) is 14.5 Å². The van der Waals surface area contributed by atoms with Gasteiger partial charge < -0.3 is 29.9 Å². The molecule has 0 aliphatic rings. The van der Waals surface area contributed by atoms with Gasteiger partial charge in [-0.05, 0) is 31.2 Å². The number of nitro benzene ring substituents is 1. The van der Waals surface area contributed by atoms with E-state index in [0.29, 0.717) is 28.6 Å². The molecule has 4 rings (SSSR count). The van der Waals surface area contributed by atoms with Gasteiger partial charge in [-0.15, -0.1) is 0 Å². The van der Waals surface area contributed by atoms with E-state index in [0.717, 1.165) is 25.4 Å². The van der Waals surface area contributed by atoms with Crippen LogP contribution in [0, 0.1) is 10.1 Å². The molecular weight excluding hydrogens is 458 g/mol. The van der Waals surface area contributed by atoms with Crippen LogP contribution in [0.1, 0.15) is 23.7 Å². The highest BCUT2D eigenvalue weighted by Gasteiger charge is 2.18. The third-order valence-corrected chi connectivity index (χ3v) is 5.09. The zero-order chi connectivity index (χ0) is 25.7. The predicted molar refractivity (Wildman–Crippen MR) is 124 cm³/mol. The van der Waals surface area contributed by atoms with Crippen LogP contribution in [0.4, 0.5) is 5.69 Å². The Morgan fingerprint density at radius 1 is 1.23 bits per heavy atom. The van der Waals surface area contributed by atoms with E-state index in [1.54, 1.807) is 12.1 Å². The summed E-state index contributed by atoms with van der Waals surface area (Å²) in [6, 6.07) is 9.28. The lowest BCUT2D eigenvalue weighted by Gasteiger charge is -2.04. The first-order chi connectivity index (χ1) is 16.7. The molecule has 0 aliphatic heterocycles. The number of rotatable bonds is 6. The normalized spacial score (nSPS) is 10.6.